The van der Waals surface area contributed by atoms with Crippen LogP contribution in [0.5, 0.6) is 0 Å². The van der Waals surface area contributed by atoms with Crippen molar-refractivity contribution in [2.45, 2.75) is 77.6 Å². The van der Waals surface area contributed by atoms with Gasteiger partial charge in [-0.15, -0.1) is 0 Å². The van der Waals surface area contributed by atoms with Crippen molar-refractivity contribution in [3.63, 3.8) is 0 Å². The molecule has 0 spiro atoms. The second kappa shape index (κ2) is 19.0. The molecule has 0 aliphatic carbocycles. The number of rotatable bonds is 16. The SMILES string of the molecule is CCCCCCCCCCC=CC=CCCC(=O)OCCOC. The Morgan fingerprint density at radius 2 is 1.43 bits per heavy atom. The molecule has 0 aliphatic heterocycles. The van der Waals surface area contributed by atoms with Crippen LogP contribution >= 0.6 is 0 Å². The zero-order chi connectivity index (χ0) is 17.0. The van der Waals surface area contributed by atoms with Crippen LogP contribution in [0.15, 0.2) is 24.3 Å². The normalized spacial score (nSPS) is 11.6. The molecule has 0 heterocycles. The smallest absolute Gasteiger partial charge is 0.306 e. The Morgan fingerprint density at radius 3 is 2.09 bits per heavy atom. The Balaban J connectivity index is 3.31. The maximum Gasteiger partial charge on any atom is 0.306 e. The average Bonchev–Trinajstić information content (AvgIpc) is 2.55. The maximum atomic E-state index is 11.3. The van der Waals surface area contributed by atoms with Crippen molar-refractivity contribution in [3.05, 3.63) is 24.3 Å². The molecule has 0 saturated carbocycles. The molecule has 0 rings (SSSR count). The number of esters is 1. The van der Waals surface area contributed by atoms with E-state index in [-0.39, 0.29) is 5.97 Å². The summed E-state index contributed by atoms with van der Waals surface area (Å²) >= 11 is 0. The summed E-state index contributed by atoms with van der Waals surface area (Å²) in [6.07, 6.45) is 21.6. The first kappa shape index (κ1) is 21.9. The quantitative estimate of drug-likeness (QED) is 0.211. The van der Waals surface area contributed by atoms with Crippen LogP contribution in [0, 0.1) is 0 Å². The molecule has 0 unspecified atom stereocenters. The molecule has 0 aliphatic rings. The van der Waals surface area contributed by atoms with Crippen molar-refractivity contribution in [2.75, 3.05) is 20.3 Å². The lowest BCUT2D eigenvalue weighted by atomic mass is 10.1. The lowest BCUT2D eigenvalue weighted by molar-refractivity contribution is -0.144. The fourth-order valence-electron chi connectivity index (χ4n) is 2.26. The first-order valence-electron chi connectivity index (χ1n) is 9.27. The summed E-state index contributed by atoms with van der Waals surface area (Å²) in [4.78, 5) is 11.3. The lowest BCUT2D eigenvalue weighted by Crippen LogP contribution is -2.08. The van der Waals surface area contributed by atoms with Crippen LogP contribution in [0.25, 0.3) is 0 Å². The average molecular weight is 325 g/mol. The molecule has 0 amide bonds. The van der Waals surface area contributed by atoms with Gasteiger partial charge in [0.1, 0.15) is 6.61 Å². The van der Waals surface area contributed by atoms with Gasteiger partial charge in [-0.2, -0.15) is 0 Å². The molecule has 0 aromatic heterocycles. The van der Waals surface area contributed by atoms with Crippen LogP contribution < -0.4 is 0 Å². The number of hydrogen-bond acceptors (Lipinski definition) is 3. The Labute approximate surface area is 143 Å². The predicted molar refractivity (Wildman–Crippen MR) is 97.6 cm³/mol. The van der Waals surface area contributed by atoms with Gasteiger partial charge in [-0.1, -0.05) is 76.2 Å². The van der Waals surface area contributed by atoms with Crippen LogP contribution in [0.4, 0.5) is 0 Å². The minimum atomic E-state index is -0.158. The van der Waals surface area contributed by atoms with Crippen LogP contribution in [0.1, 0.15) is 77.6 Å². The van der Waals surface area contributed by atoms with Crippen LogP contribution in [0.2, 0.25) is 0 Å². The molecule has 23 heavy (non-hydrogen) atoms. The molecular formula is C20H36O3. The van der Waals surface area contributed by atoms with E-state index in [1.807, 2.05) is 12.2 Å². The molecule has 0 fully saturated rings. The summed E-state index contributed by atoms with van der Waals surface area (Å²) in [5.41, 5.74) is 0. The molecule has 3 nitrogen and oxygen atoms in total. The van der Waals surface area contributed by atoms with Crippen molar-refractivity contribution >= 4 is 5.97 Å². The highest BCUT2D eigenvalue weighted by Gasteiger charge is 1.99. The number of carbonyl (C=O) groups is 1. The summed E-state index contributed by atoms with van der Waals surface area (Å²) in [6.45, 7) is 3.07. The fourth-order valence-corrected chi connectivity index (χ4v) is 2.26. The second-order valence-electron chi connectivity index (χ2n) is 5.87. The van der Waals surface area contributed by atoms with Crippen molar-refractivity contribution in [1.29, 1.82) is 0 Å². The Kier molecular flexibility index (Phi) is 18.1. The number of methoxy groups -OCH3 is 1. The molecule has 3 heteroatoms. The molecule has 0 radical (unpaired) electrons. The van der Waals surface area contributed by atoms with E-state index < -0.39 is 0 Å². The van der Waals surface area contributed by atoms with E-state index in [2.05, 4.69) is 19.1 Å². The molecule has 0 aromatic carbocycles. The first-order chi connectivity index (χ1) is 11.3. The number of unbranched alkanes of at least 4 members (excludes halogenated alkanes) is 8. The van der Waals surface area contributed by atoms with Gasteiger partial charge in [0.15, 0.2) is 0 Å². The third-order valence-electron chi connectivity index (χ3n) is 3.67. The van der Waals surface area contributed by atoms with Crippen LogP contribution in [0.3, 0.4) is 0 Å². The van der Waals surface area contributed by atoms with Gasteiger partial charge < -0.3 is 9.47 Å². The van der Waals surface area contributed by atoms with Crippen molar-refractivity contribution in [2.24, 2.45) is 0 Å². The fraction of sp³-hybridized carbons (Fsp3) is 0.750. The standard InChI is InChI=1S/C20H36O3/c1-3-4-5-6-7-8-9-10-11-12-13-14-15-16-17-20(21)23-19-18-22-2/h12-15H,3-11,16-19H2,1-2H3. The van der Waals surface area contributed by atoms with E-state index in [9.17, 15) is 4.79 Å². The third-order valence-corrected chi connectivity index (χ3v) is 3.67. The molecule has 0 atom stereocenters. The minimum absolute atomic E-state index is 0.158. The molecule has 0 N–H and O–H groups in total. The van der Waals surface area contributed by atoms with Crippen molar-refractivity contribution in [1.82, 2.24) is 0 Å². The van der Waals surface area contributed by atoms with Gasteiger partial charge in [-0.05, 0) is 19.3 Å². The van der Waals surface area contributed by atoms with E-state index in [0.717, 1.165) is 12.8 Å². The topological polar surface area (TPSA) is 35.5 Å². The summed E-state index contributed by atoms with van der Waals surface area (Å²) in [6, 6.07) is 0. The second-order valence-corrected chi connectivity index (χ2v) is 5.87. The van der Waals surface area contributed by atoms with Crippen LogP contribution in [-0.4, -0.2) is 26.3 Å². The summed E-state index contributed by atoms with van der Waals surface area (Å²) < 4.78 is 9.80. The highest BCUT2D eigenvalue weighted by molar-refractivity contribution is 5.69. The zero-order valence-corrected chi connectivity index (χ0v) is 15.2. The van der Waals surface area contributed by atoms with Gasteiger partial charge in [0.2, 0.25) is 0 Å². The Bertz CT molecular complexity index is 308. The van der Waals surface area contributed by atoms with Crippen molar-refractivity contribution < 1.29 is 14.3 Å². The molecule has 0 aromatic rings. The Hall–Kier alpha value is -1.09. The Morgan fingerprint density at radius 1 is 0.826 bits per heavy atom. The summed E-state index contributed by atoms with van der Waals surface area (Å²) in [5.74, 6) is -0.158. The third kappa shape index (κ3) is 18.9. The first-order valence-corrected chi connectivity index (χ1v) is 9.27. The van der Waals surface area contributed by atoms with Gasteiger partial charge in [0, 0.05) is 13.5 Å². The van der Waals surface area contributed by atoms with Crippen LogP contribution in [-0.2, 0) is 14.3 Å². The molecule has 0 bridgehead atoms. The van der Waals surface area contributed by atoms with E-state index >= 15 is 0 Å². The minimum Gasteiger partial charge on any atom is -0.463 e. The van der Waals surface area contributed by atoms with E-state index in [4.69, 9.17) is 9.47 Å². The van der Waals surface area contributed by atoms with E-state index in [0.29, 0.717) is 19.6 Å². The summed E-state index contributed by atoms with van der Waals surface area (Å²) in [7, 11) is 1.59. The molecular weight excluding hydrogens is 288 g/mol. The van der Waals surface area contributed by atoms with Gasteiger partial charge in [-0.25, -0.2) is 0 Å². The molecule has 0 saturated heterocycles. The number of ether oxygens (including phenoxy) is 2. The van der Waals surface area contributed by atoms with E-state index in [1.54, 1.807) is 7.11 Å². The highest BCUT2D eigenvalue weighted by Crippen LogP contribution is 2.09. The number of carbonyl (C=O) groups excluding carboxylic acids is 1. The zero-order valence-electron chi connectivity index (χ0n) is 15.2. The number of allylic oxidation sites excluding steroid dienone is 4. The monoisotopic (exact) mass is 324 g/mol. The maximum absolute atomic E-state index is 11.3. The molecule has 134 valence electrons. The van der Waals surface area contributed by atoms with Gasteiger partial charge >= 0.3 is 5.97 Å². The van der Waals surface area contributed by atoms with Gasteiger partial charge in [0.05, 0.1) is 6.61 Å². The number of hydrogen-bond donors (Lipinski definition) is 0. The largest absolute Gasteiger partial charge is 0.463 e. The summed E-state index contributed by atoms with van der Waals surface area (Å²) in [5, 5.41) is 0. The van der Waals surface area contributed by atoms with Crippen molar-refractivity contribution in [3.8, 4) is 0 Å². The predicted octanol–water partition coefficient (Wildman–Crippen LogP) is 5.60. The lowest BCUT2D eigenvalue weighted by Gasteiger charge is -2.01. The van der Waals surface area contributed by atoms with E-state index in [1.165, 1.54) is 51.4 Å². The highest BCUT2D eigenvalue weighted by atomic mass is 16.6. The van der Waals surface area contributed by atoms with Gasteiger partial charge in [-0.3, -0.25) is 4.79 Å². The van der Waals surface area contributed by atoms with Gasteiger partial charge in [0.25, 0.3) is 0 Å².